The number of nitrogens with one attached hydrogen (secondary N) is 2. The molecule has 1 saturated heterocycles. The molecule has 1 aliphatic heterocycles. The summed E-state index contributed by atoms with van der Waals surface area (Å²) < 4.78 is 28.5. The summed E-state index contributed by atoms with van der Waals surface area (Å²) in [5, 5.41) is 3.15. The van der Waals surface area contributed by atoms with Crippen LogP contribution in [0.4, 0.5) is 0 Å². The Morgan fingerprint density at radius 2 is 1.70 bits per heavy atom. The Kier molecular flexibility index (Phi) is 7.80. The van der Waals surface area contributed by atoms with Crippen LogP contribution in [0.2, 0.25) is 0 Å². The average Bonchev–Trinajstić information content (AvgIpc) is 3.33. The van der Waals surface area contributed by atoms with Crippen LogP contribution >= 0.6 is 0 Å². The molecule has 1 aliphatic carbocycles. The smallest absolute Gasteiger partial charge is 0.251 e. The van der Waals surface area contributed by atoms with Gasteiger partial charge in [0.05, 0.1) is 10.9 Å². The first-order chi connectivity index (χ1) is 15.9. The van der Waals surface area contributed by atoms with E-state index in [1.807, 2.05) is 30.3 Å². The number of sulfonamides is 1. The second kappa shape index (κ2) is 10.8. The van der Waals surface area contributed by atoms with Gasteiger partial charge < -0.3 is 10.2 Å². The van der Waals surface area contributed by atoms with Gasteiger partial charge in [0.1, 0.15) is 0 Å². The lowest BCUT2D eigenvalue weighted by Gasteiger charge is -2.35. The van der Waals surface area contributed by atoms with Crippen LogP contribution in [0.5, 0.6) is 0 Å². The number of benzene rings is 2. The SMILES string of the molecule is CN1CCN(CC(NC(=O)c2cccc(S(=O)(=O)NC3CCCC3)c2)c2ccccc2)CC1. The van der Waals surface area contributed by atoms with Gasteiger partial charge in [-0.3, -0.25) is 9.69 Å². The van der Waals surface area contributed by atoms with Crippen LogP contribution in [-0.4, -0.2) is 69.9 Å². The number of carbonyl (C=O) groups is 1. The number of piperazine rings is 1. The van der Waals surface area contributed by atoms with Crippen LogP contribution in [0.15, 0.2) is 59.5 Å². The number of hydrogen-bond donors (Lipinski definition) is 2. The maximum atomic E-state index is 13.2. The predicted molar refractivity (Wildman–Crippen MR) is 130 cm³/mol. The Bertz CT molecular complexity index is 1030. The molecule has 1 unspecified atom stereocenters. The van der Waals surface area contributed by atoms with E-state index in [2.05, 4.69) is 26.9 Å². The van der Waals surface area contributed by atoms with E-state index in [0.29, 0.717) is 12.1 Å². The van der Waals surface area contributed by atoms with E-state index in [1.165, 1.54) is 6.07 Å². The van der Waals surface area contributed by atoms with Crippen molar-refractivity contribution >= 4 is 15.9 Å². The molecule has 0 aromatic heterocycles. The van der Waals surface area contributed by atoms with Crippen LogP contribution in [0.1, 0.15) is 47.6 Å². The van der Waals surface area contributed by atoms with E-state index in [4.69, 9.17) is 0 Å². The Balaban J connectivity index is 1.48. The zero-order valence-corrected chi connectivity index (χ0v) is 20.1. The molecule has 2 fully saturated rings. The van der Waals surface area contributed by atoms with Gasteiger partial charge in [-0.1, -0.05) is 49.2 Å². The van der Waals surface area contributed by atoms with Crippen molar-refractivity contribution in [3.63, 3.8) is 0 Å². The Hall–Kier alpha value is -2.26. The summed E-state index contributed by atoms with van der Waals surface area (Å²) in [4.78, 5) is 18.0. The van der Waals surface area contributed by atoms with E-state index >= 15 is 0 Å². The summed E-state index contributed by atoms with van der Waals surface area (Å²) in [6.45, 7) is 4.63. The van der Waals surface area contributed by atoms with Gasteiger partial charge >= 0.3 is 0 Å². The molecular weight excluding hydrogens is 436 g/mol. The lowest BCUT2D eigenvalue weighted by atomic mass is 10.0. The zero-order chi connectivity index (χ0) is 23.3. The molecule has 0 radical (unpaired) electrons. The van der Waals surface area contributed by atoms with Crippen LogP contribution in [0.25, 0.3) is 0 Å². The average molecular weight is 471 g/mol. The fourth-order valence-electron chi connectivity index (χ4n) is 4.59. The highest BCUT2D eigenvalue weighted by molar-refractivity contribution is 7.89. The van der Waals surface area contributed by atoms with Crippen LogP contribution in [0, 0.1) is 0 Å². The lowest BCUT2D eigenvalue weighted by Crippen LogP contribution is -2.47. The topological polar surface area (TPSA) is 81.8 Å². The molecule has 1 saturated carbocycles. The van der Waals surface area contributed by atoms with E-state index < -0.39 is 10.0 Å². The molecular formula is C25H34N4O3S. The summed E-state index contributed by atoms with van der Waals surface area (Å²) in [5.41, 5.74) is 1.39. The molecule has 2 aliphatic rings. The van der Waals surface area contributed by atoms with E-state index in [-0.39, 0.29) is 22.9 Å². The van der Waals surface area contributed by atoms with Gasteiger partial charge in [-0.05, 0) is 43.7 Å². The molecule has 4 rings (SSSR count). The summed E-state index contributed by atoms with van der Waals surface area (Å²) in [6, 6.07) is 16.1. The molecule has 2 N–H and O–H groups in total. The molecule has 1 amide bonds. The van der Waals surface area contributed by atoms with Crippen molar-refractivity contribution in [2.45, 2.75) is 42.7 Å². The minimum Gasteiger partial charge on any atom is -0.344 e. The van der Waals surface area contributed by atoms with Crippen molar-refractivity contribution in [2.24, 2.45) is 0 Å². The fraction of sp³-hybridized carbons (Fsp3) is 0.480. The summed E-state index contributed by atoms with van der Waals surface area (Å²) in [7, 11) is -1.53. The fourth-order valence-corrected chi connectivity index (χ4v) is 5.94. The van der Waals surface area contributed by atoms with Crippen molar-refractivity contribution in [3.8, 4) is 0 Å². The first-order valence-electron chi connectivity index (χ1n) is 11.8. The van der Waals surface area contributed by atoms with Crippen LogP contribution in [0.3, 0.4) is 0 Å². The lowest BCUT2D eigenvalue weighted by molar-refractivity contribution is 0.0907. The van der Waals surface area contributed by atoms with Gasteiger partial charge in [-0.15, -0.1) is 0 Å². The van der Waals surface area contributed by atoms with Crippen molar-refractivity contribution in [1.29, 1.82) is 0 Å². The van der Waals surface area contributed by atoms with E-state index in [1.54, 1.807) is 18.2 Å². The molecule has 178 valence electrons. The normalized spacial score (nSPS) is 19.4. The summed E-state index contributed by atoms with van der Waals surface area (Å²) >= 11 is 0. The van der Waals surface area contributed by atoms with Crippen molar-refractivity contribution in [3.05, 3.63) is 65.7 Å². The second-order valence-corrected chi connectivity index (χ2v) is 10.9. The number of rotatable bonds is 8. The summed E-state index contributed by atoms with van der Waals surface area (Å²) in [5.74, 6) is -0.268. The molecule has 0 bridgehead atoms. The molecule has 1 atom stereocenters. The highest BCUT2D eigenvalue weighted by atomic mass is 32.2. The van der Waals surface area contributed by atoms with Gasteiger partial charge in [0.2, 0.25) is 10.0 Å². The Morgan fingerprint density at radius 3 is 2.39 bits per heavy atom. The predicted octanol–water partition coefficient (Wildman–Crippen LogP) is 2.63. The van der Waals surface area contributed by atoms with E-state index in [0.717, 1.165) is 57.4 Å². The molecule has 7 nitrogen and oxygen atoms in total. The standard InChI is InChI=1S/C25H34N4O3S/c1-28-14-16-29(17-15-28)19-24(20-8-3-2-4-9-20)26-25(30)21-10-7-13-23(18-21)33(31,32)27-22-11-5-6-12-22/h2-4,7-10,13,18,22,24,27H,5-6,11-12,14-17,19H2,1H3,(H,26,30). The maximum absolute atomic E-state index is 13.2. The summed E-state index contributed by atoms with van der Waals surface area (Å²) in [6.07, 6.45) is 3.82. The zero-order valence-electron chi connectivity index (χ0n) is 19.2. The number of carbonyl (C=O) groups excluding carboxylic acids is 1. The van der Waals surface area contributed by atoms with Gasteiger partial charge in [0.25, 0.3) is 5.91 Å². The van der Waals surface area contributed by atoms with Gasteiger partial charge in [-0.2, -0.15) is 0 Å². The first-order valence-corrected chi connectivity index (χ1v) is 13.3. The number of amides is 1. The molecule has 2 aromatic carbocycles. The molecule has 8 heteroatoms. The minimum absolute atomic E-state index is 0.0152. The first kappa shape index (κ1) is 23.9. The number of hydrogen-bond acceptors (Lipinski definition) is 5. The molecule has 1 heterocycles. The van der Waals surface area contributed by atoms with Crippen LogP contribution in [-0.2, 0) is 10.0 Å². The number of nitrogens with zero attached hydrogens (tertiary/aromatic N) is 2. The Labute approximate surface area is 197 Å². The monoisotopic (exact) mass is 470 g/mol. The maximum Gasteiger partial charge on any atom is 0.251 e. The van der Waals surface area contributed by atoms with Crippen LogP contribution < -0.4 is 10.0 Å². The van der Waals surface area contributed by atoms with Gasteiger partial charge in [0, 0.05) is 44.3 Å². The second-order valence-electron chi connectivity index (χ2n) is 9.17. The third kappa shape index (κ3) is 6.41. The molecule has 0 spiro atoms. The number of likely N-dealkylation sites (N-methyl/N-ethyl adjacent to an activating group) is 1. The molecule has 33 heavy (non-hydrogen) atoms. The van der Waals surface area contributed by atoms with Crippen molar-refractivity contribution < 1.29 is 13.2 Å². The van der Waals surface area contributed by atoms with Crippen molar-refractivity contribution in [2.75, 3.05) is 39.8 Å². The van der Waals surface area contributed by atoms with Gasteiger partial charge in [-0.25, -0.2) is 13.1 Å². The third-order valence-corrected chi connectivity index (χ3v) is 8.15. The highest BCUT2D eigenvalue weighted by Crippen LogP contribution is 2.21. The van der Waals surface area contributed by atoms with Crippen molar-refractivity contribution in [1.82, 2.24) is 19.8 Å². The highest BCUT2D eigenvalue weighted by Gasteiger charge is 2.25. The third-order valence-electron chi connectivity index (χ3n) is 6.63. The minimum atomic E-state index is -3.65. The largest absolute Gasteiger partial charge is 0.344 e. The van der Waals surface area contributed by atoms with E-state index in [9.17, 15) is 13.2 Å². The Morgan fingerprint density at radius 1 is 1.00 bits per heavy atom. The molecule has 2 aromatic rings. The van der Waals surface area contributed by atoms with Gasteiger partial charge in [0.15, 0.2) is 0 Å². The quantitative estimate of drug-likeness (QED) is 0.620.